The Morgan fingerprint density at radius 1 is 1.05 bits per heavy atom. The van der Waals surface area contributed by atoms with Crippen molar-refractivity contribution in [3.05, 3.63) is 108 Å². The third-order valence-corrected chi connectivity index (χ3v) is 8.92. The van der Waals surface area contributed by atoms with Gasteiger partial charge in [-0.2, -0.15) is 14.4 Å². The van der Waals surface area contributed by atoms with Gasteiger partial charge in [0.2, 0.25) is 15.2 Å². The number of rotatable bonds is 11. The summed E-state index contributed by atoms with van der Waals surface area (Å²) in [5.41, 5.74) is 1.72. The summed E-state index contributed by atoms with van der Waals surface area (Å²) in [4.78, 5) is 18.3. The molecule has 0 unspecified atom stereocenters. The van der Waals surface area contributed by atoms with Crippen molar-refractivity contribution < 1.29 is 17.9 Å². The Labute approximate surface area is 239 Å². The molecule has 11 heteroatoms. The van der Waals surface area contributed by atoms with Crippen LogP contribution in [-0.4, -0.2) is 50.0 Å². The van der Waals surface area contributed by atoms with Crippen LogP contribution in [0.3, 0.4) is 0 Å². The van der Waals surface area contributed by atoms with Crippen LogP contribution >= 0.6 is 27.3 Å². The van der Waals surface area contributed by atoms with Gasteiger partial charge in [0.25, 0.3) is 5.91 Å². The van der Waals surface area contributed by atoms with Crippen LogP contribution in [0.2, 0.25) is 0 Å². The fourth-order valence-corrected chi connectivity index (χ4v) is 6.17. The molecule has 0 aliphatic rings. The monoisotopic (exact) mass is 624 g/mol. The quantitative estimate of drug-likeness (QED) is 0.114. The lowest BCUT2D eigenvalue weighted by Crippen LogP contribution is -2.31. The summed E-state index contributed by atoms with van der Waals surface area (Å²) in [6, 6.07) is 18.7. The lowest BCUT2D eigenvalue weighted by Gasteiger charge is -2.19. The van der Waals surface area contributed by atoms with E-state index < -0.39 is 15.9 Å². The number of halogens is 1. The number of carbonyl (C=O) groups is 1. The van der Waals surface area contributed by atoms with Crippen molar-refractivity contribution in [3.63, 3.8) is 0 Å². The number of benzene rings is 3. The van der Waals surface area contributed by atoms with E-state index in [0.717, 1.165) is 14.7 Å². The van der Waals surface area contributed by atoms with E-state index in [4.69, 9.17) is 4.74 Å². The lowest BCUT2D eigenvalue weighted by molar-refractivity contribution is 0.0987. The molecule has 1 aromatic heterocycles. The molecular formula is C28H25BrN4O4S2. The molecule has 4 aromatic rings. The topological polar surface area (TPSA) is 92.2 Å². The van der Waals surface area contributed by atoms with Gasteiger partial charge >= 0.3 is 0 Å². The molecule has 39 heavy (non-hydrogen) atoms. The lowest BCUT2D eigenvalue weighted by atomic mass is 10.2. The third-order valence-electron chi connectivity index (χ3n) is 5.55. The SMILES string of the molecule is C=CCN(CC=C)S(=O)(=O)c1ccc(C(=O)N(/N=C/c2ccc(Br)cc2)c2nc3ccc(OC)cc3s2)cc1. The first kappa shape index (κ1) is 28.4. The highest BCUT2D eigenvalue weighted by Crippen LogP contribution is 2.32. The summed E-state index contributed by atoms with van der Waals surface area (Å²) < 4.78 is 34.4. The van der Waals surface area contributed by atoms with E-state index in [-0.39, 0.29) is 23.5 Å². The van der Waals surface area contributed by atoms with Gasteiger partial charge < -0.3 is 4.74 Å². The number of anilines is 1. The second kappa shape index (κ2) is 12.5. The molecular weight excluding hydrogens is 600 g/mol. The summed E-state index contributed by atoms with van der Waals surface area (Å²) >= 11 is 4.70. The fraction of sp³-hybridized carbons (Fsp3) is 0.107. The molecule has 0 aliphatic heterocycles. The summed E-state index contributed by atoms with van der Waals surface area (Å²) in [5, 5.41) is 6.04. The number of nitrogens with zero attached hydrogens (tertiary/aromatic N) is 4. The Kier molecular flexibility index (Phi) is 9.08. The zero-order chi connectivity index (χ0) is 28.0. The zero-order valence-electron chi connectivity index (χ0n) is 21.0. The van der Waals surface area contributed by atoms with Crippen LogP contribution in [0.1, 0.15) is 15.9 Å². The molecule has 0 spiro atoms. The van der Waals surface area contributed by atoms with Crippen LogP contribution < -0.4 is 9.75 Å². The third kappa shape index (κ3) is 6.51. The van der Waals surface area contributed by atoms with E-state index in [9.17, 15) is 13.2 Å². The zero-order valence-corrected chi connectivity index (χ0v) is 24.2. The minimum atomic E-state index is -3.80. The predicted molar refractivity (Wildman–Crippen MR) is 160 cm³/mol. The number of hydrogen-bond acceptors (Lipinski definition) is 7. The Bertz CT molecular complexity index is 1620. The molecule has 8 nitrogen and oxygen atoms in total. The van der Waals surface area contributed by atoms with Gasteiger partial charge in [-0.3, -0.25) is 4.79 Å². The summed E-state index contributed by atoms with van der Waals surface area (Å²) in [6.45, 7) is 7.52. The normalized spacial score (nSPS) is 11.7. The number of amides is 1. The predicted octanol–water partition coefficient (Wildman–Crippen LogP) is 6.11. The molecule has 0 saturated heterocycles. The van der Waals surface area contributed by atoms with Crippen molar-refractivity contribution in [2.45, 2.75) is 4.90 Å². The van der Waals surface area contributed by atoms with E-state index in [1.54, 1.807) is 19.4 Å². The average Bonchev–Trinajstić information content (AvgIpc) is 3.37. The van der Waals surface area contributed by atoms with Gasteiger partial charge in [-0.25, -0.2) is 13.4 Å². The van der Waals surface area contributed by atoms with Gasteiger partial charge in [0, 0.05) is 23.1 Å². The minimum absolute atomic E-state index is 0.0553. The minimum Gasteiger partial charge on any atom is -0.497 e. The Morgan fingerprint density at radius 2 is 1.72 bits per heavy atom. The van der Waals surface area contributed by atoms with Crippen molar-refractivity contribution >= 4 is 64.8 Å². The second-order valence-corrected chi connectivity index (χ2v) is 12.0. The van der Waals surface area contributed by atoms with Crippen molar-refractivity contribution in [2.24, 2.45) is 5.10 Å². The van der Waals surface area contributed by atoms with Crippen LogP contribution in [0.5, 0.6) is 5.75 Å². The van der Waals surface area contributed by atoms with Crippen molar-refractivity contribution in [1.82, 2.24) is 9.29 Å². The number of aromatic nitrogens is 1. The highest BCUT2D eigenvalue weighted by Gasteiger charge is 2.25. The summed E-state index contributed by atoms with van der Waals surface area (Å²) in [7, 11) is -2.22. The molecule has 0 saturated carbocycles. The molecule has 0 bridgehead atoms. The second-order valence-electron chi connectivity index (χ2n) is 8.17. The maximum atomic E-state index is 13.7. The molecule has 0 fully saturated rings. The number of sulfonamides is 1. The number of methoxy groups -OCH3 is 1. The van der Waals surface area contributed by atoms with Gasteiger partial charge in [-0.1, -0.05) is 51.6 Å². The van der Waals surface area contributed by atoms with Crippen molar-refractivity contribution in [2.75, 3.05) is 25.2 Å². The smallest absolute Gasteiger partial charge is 0.280 e. The summed E-state index contributed by atoms with van der Waals surface area (Å²) in [5.74, 6) is 0.208. The Hall–Kier alpha value is -3.64. The standard InChI is InChI=1S/C28H25BrN4O4S2/c1-4-16-32(17-5-2)39(35,36)24-13-8-21(9-14-24)27(34)33(30-19-20-6-10-22(29)11-7-20)28-31-25-15-12-23(37-3)18-26(25)38-28/h4-15,18-19H,1-2,16-17H2,3H3/b30-19+. The molecule has 1 amide bonds. The van der Waals surface area contributed by atoms with Crippen molar-refractivity contribution in [1.29, 1.82) is 0 Å². The van der Waals surface area contributed by atoms with E-state index in [2.05, 4.69) is 39.2 Å². The largest absolute Gasteiger partial charge is 0.497 e. The first-order valence-electron chi connectivity index (χ1n) is 11.7. The molecule has 4 rings (SSSR count). The molecule has 0 radical (unpaired) electrons. The fourth-order valence-electron chi connectivity index (χ4n) is 3.57. The van der Waals surface area contributed by atoms with E-state index in [0.29, 0.717) is 16.4 Å². The number of fused-ring (bicyclic) bond motifs is 1. The Morgan fingerprint density at radius 3 is 2.33 bits per heavy atom. The highest BCUT2D eigenvalue weighted by atomic mass is 79.9. The van der Waals surface area contributed by atoms with Crippen molar-refractivity contribution in [3.8, 4) is 5.75 Å². The van der Waals surface area contributed by atoms with Crippen LogP contribution in [0.4, 0.5) is 5.13 Å². The van der Waals surface area contributed by atoms with Gasteiger partial charge in [0.05, 0.1) is 28.4 Å². The maximum absolute atomic E-state index is 13.7. The van der Waals surface area contributed by atoms with Crippen LogP contribution in [0.15, 0.2) is 107 Å². The van der Waals surface area contributed by atoms with E-state index in [1.165, 1.54) is 57.1 Å². The van der Waals surface area contributed by atoms with Gasteiger partial charge in [0.15, 0.2) is 0 Å². The number of carbonyl (C=O) groups excluding carboxylic acids is 1. The summed E-state index contributed by atoms with van der Waals surface area (Å²) in [6.07, 6.45) is 4.58. The van der Waals surface area contributed by atoms with Crippen LogP contribution in [-0.2, 0) is 10.0 Å². The highest BCUT2D eigenvalue weighted by molar-refractivity contribution is 9.10. The van der Waals surface area contributed by atoms with E-state index >= 15 is 0 Å². The molecule has 3 aromatic carbocycles. The van der Waals surface area contributed by atoms with Gasteiger partial charge in [0.1, 0.15) is 5.75 Å². The Balaban J connectivity index is 1.70. The molecule has 0 aliphatic carbocycles. The van der Waals surface area contributed by atoms with Gasteiger partial charge in [-0.15, -0.1) is 13.2 Å². The molecule has 0 atom stereocenters. The first-order valence-corrected chi connectivity index (χ1v) is 14.7. The van der Waals surface area contributed by atoms with Crippen LogP contribution in [0, 0.1) is 0 Å². The van der Waals surface area contributed by atoms with Crippen LogP contribution in [0.25, 0.3) is 10.2 Å². The number of hydrogen-bond donors (Lipinski definition) is 0. The number of thiazole rings is 1. The average molecular weight is 626 g/mol. The number of hydrazone groups is 1. The number of ether oxygens (including phenoxy) is 1. The van der Waals surface area contributed by atoms with Gasteiger partial charge in [-0.05, 0) is 60.2 Å². The molecule has 1 heterocycles. The first-order chi connectivity index (χ1) is 18.8. The molecule has 0 N–H and O–H groups in total. The molecule has 200 valence electrons. The maximum Gasteiger partial charge on any atom is 0.280 e. The van der Waals surface area contributed by atoms with E-state index in [1.807, 2.05) is 36.4 Å².